The van der Waals surface area contributed by atoms with Crippen molar-refractivity contribution < 1.29 is 19.4 Å². The lowest BCUT2D eigenvalue weighted by molar-refractivity contribution is -0.140. The Morgan fingerprint density at radius 2 is 1.70 bits per heavy atom. The number of carbonyl (C=O) groups is 2. The van der Waals surface area contributed by atoms with E-state index in [4.69, 9.17) is 9.84 Å². The van der Waals surface area contributed by atoms with Crippen LogP contribution in [0.15, 0.2) is 0 Å². The zero-order chi connectivity index (χ0) is 14.4. The van der Waals surface area contributed by atoms with E-state index in [0.29, 0.717) is 5.91 Å². The van der Waals surface area contributed by atoms with Crippen LogP contribution in [0.1, 0.15) is 51.4 Å². The van der Waals surface area contributed by atoms with Gasteiger partial charge in [-0.2, -0.15) is 0 Å². The van der Waals surface area contributed by atoms with E-state index in [0.717, 1.165) is 38.8 Å². The number of amides is 1. The highest BCUT2D eigenvalue weighted by atomic mass is 16.5. The number of ether oxygens (including phenoxy) is 1. The summed E-state index contributed by atoms with van der Waals surface area (Å²) in [5.41, 5.74) is 0. The van der Waals surface area contributed by atoms with Crippen molar-refractivity contribution in [3.8, 4) is 0 Å². The number of rotatable bonds is 5. The van der Waals surface area contributed by atoms with Crippen LogP contribution >= 0.6 is 0 Å². The lowest BCUT2D eigenvalue weighted by Gasteiger charge is -2.35. The molecule has 1 amide bonds. The van der Waals surface area contributed by atoms with Crippen LogP contribution in [0.2, 0.25) is 0 Å². The molecule has 0 aromatic carbocycles. The number of hydrogen-bond acceptors (Lipinski definition) is 3. The molecular formula is C15H25NO4. The summed E-state index contributed by atoms with van der Waals surface area (Å²) in [5.74, 6) is -0.253. The van der Waals surface area contributed by atoms with E-state index in [1.807, 2.05) is 4.90 Å². The van der Waals surface area contributed by atoms with Gasteiger partial charge in [-0.05, 0) is 25.7 Å². The molecule has 5 heteroatoms. The summed E-state index contributed by atoms with van der Waals surface area (Å²) in [7, 11) is 0. The predicted octanol–water partition coefficient (Wildman–Crippen LogP) is 2.05. The van der Waals surface area contributed by atoms with Crippen LogP contribution in [-0.2, 0) is 14.3 Å². The molecule has 2 aliphatic rings. The van der Waals surface area contributed by atoms with Gasteiger partial charge in [0.2, 0.25) is 5.91 Å². The maximum atomic E-state index is 12.4. The molecule has 2 fully saturated rings. The molecule has 1 N–H and O–H groups in total. The van der Waals surface area contributed by atoms with Gasteiger partial charge >= 0.3 is 5.97 Å². The second-order valence-corrected chi connectivity index (χ2v) is 5.87. The van der Waals surface area contributed by atoms with Gasteiger partial charge < -0.3 is 14.7 Å². The highest BCUT2D eigenvalue weighted by molar-refractivity contribution is 5.79. The van der Waals surface area contributed by atoms with Crippen LogP contribution in [0.3, 0.4) is 0 Å². The fourth-order valence-electron chi connectivity index (χ4n) is 3.16. The van der Waals surface area contributed by atoms with E-state index in [1.165, 1.54) is 19.3 Å². The summed E-state index contributed by atoms with van der Waals surface area (Å²) in [6, 6.07) is 0. The minimum atomic E-state index is -0.824. The second-order valence-electron chi connectivity index (χ2n) is 5.87. The summed E-state index contributed by atoms with van der Waals surface area (Å²) < 4.78 is 5.55. The Morgan fingerprint density at radius 3 is 2.30 bits per heavy atom. The SMILES string of the molecule is O=C(O)CCOC1CCN(C(=O)C2CCCCC2)CC1. The Labute approximate surface area is 120 Å². The van der Waals surface area contributed by atoms with Gasteiger partial charge in [0.05, 0.1) is 19.1 Å². The van der Waals surface area contributed by atoms with E-state index >= 15 is 0 Å². The third-order valence-electron chi connectivity index (χ3n) is 4.38. The molecule has 0 spiro atoms. The Balaban J connectivity index is 1.68. The van der Waals surface area contributed by atoms with Crippen LogP contribution in [0, 0.1) is 5.92 Å². The van der Waals surface area contributed by atoms with Crippen molar-refractivity contribution in [1.29, 1.82) is 0 Å². The minimum Gasteiger partial charge on any atom is -0.481 e. The summed E-state index contributed by atoms with van der Waals surface area (Å²) in [4.78, 5) is 24.8. The first-order valence-corrected chi connectivity index (χ1v) is 7.79. The first-order chi connectivity index (χ1) is 9.66. The number of carboxylic acid groups (broad SMARTS) is 1. The largest absolute Gasteiger partial charge is 0.481 e. The highest BCUT2D eigenvalue weighted by Crippen LogP contribution is 2.26. The fraction of sp³-hybridized carbons (Fsp3) is 0.867. The van der Waals surface area contributed by atoms with Crippen LogP contribution in [-0.4, -0.2) is 47.7 Å². The molecule has 1 saturated heterocycles. The van der Waals surface area contributed by atoms with Crippen molar-refractivity contribution >= 4 is 11.9 Å². The molecule has 1 saturated carbocycles. The van der Waals surface area contributed by atoms with Gasteiger partial charge in [-0.15, -0.1) is 0 Å². The normalized spacial score (nSPS) is 21.9. The molecule has 5 nitrogen and oxygen atoms in total. The number of piperidine rings is 1. The molecule has 2 rings (SSSR count). The predicted molar refractivity (Wildman–Crippen MR) is 74.4 cm³/mol. The van der Waals surface area contributed by atoms with Crippen LogP contribution in [0.5, 0.6) is 0 Å². The zero-order valence-corrected chi connectivity index (χ0v) is 12.1. The minimum absolute atomic E-state index is 0.0568. The molecule has 114 valence electrons. The van der Waals surface area contributed by atoms with E-state index in [9.17, 15) is 9.59 Å². The molecular weight excluding hydrogens is 258 g/mol. The molecule has 0 bridgehead atoms. The van der Waals surface area contributed by atoms with E-state index in [1.54, 1.807) is 0 Å². The smallest absolute Gasteiger partial charge is 0.305 e. The molecule has 0 unspecified atom stereocenters. The van der Waals surface area contributed by atoms with Gasteiger partial charge in [0.15, 0.2) is 0 Å². The monoisotopic (exact) mass is 283 g/mol. The summed E-state index contributed by atoms with van der Waals surface area (Å²) in [6.45, 7) is 1.79. The molecule has 0 aromatic rings. The molecule has 0 radical (unpaired) electrons. The molecule has 1 aliphatic carbocycles. The number of nitrogens with zero attached hydrogens (tertiary/aromatic N) is 1. The topological polar surface area (TPSA) is 66.8 Å². The standard InChI is InChI=1S/C15H25NO4/c17-14(18)8-11-20-13-6-9-16(10-7-13)15(19)12-4-2-1-3-5-12/h12-13H,1-11H2,(H,17,18). The lowest BCUT2D eigenvalue weighted by Crippen LogP contribution is -2.44. The number of carboxylic acids is 1. The van der Waals surface area contributed by atoms with Crippen molar-refractivity contribution in [2.75, 3.05) is 19.7 Å². The summed E-state index contributed by atoms with van der Waals surface area (Å²) >= 11 is 0. The summed E-state index contributed by atoms with van der Waals surface area (Å²) in [6.07, 6.45) is 7.57. The molecule has 0 atom stereocenters. The van der Waals surface area contributed by atoms with E-state index in [2.05, 4.69) is 0 Å². The maximum Gasteiger partial charge on any atom is 0.305 e. The van der Waals surface area contributed by atoms with Gasteiger partial charge in [0.25, 0.3) is 0 Å². The van der Waals surface area contributed by atoms with Crippen molar-refractivity contribution in [2.45, 2.75) is 57.5 Å². The Hall–Kier alpha value is -1.10. The molecule has 20 heavy (non-hydrogen) atoms. The quantitative estimate of drug-likeness (QED) is 0.838. The van der Waals surface area contributed by atoms with Crippen LogP contribution in [0.4, 0.5) is 0 Å². The van der Waals surface area contributed by atoms with Gasteiger partial charge in [0.1, 0.15) is 0 Å². The van der Waals surface area contributed by atoms with Crippen molar-refractivity contribution in [3.05, 3.63) is 0 Å². The first-order valence-electron chi connectivity index (χ1n) is 7.79. The zero-order valence-electron chi connectivity index (χ0n) is 12.1. The second kappa shape index (κ2) is 7.62. The van der Waals surface area contributed by atoms with Gasteiger partial charge in [0, 0.05) is 19.0 Å². The average molecular weight is 283 g/mol. The van der Waals surface area contributed by atoms with Crippen molar-refractivity contribution in [1.82, 2.24) is 4.90 Å². The third-order valence-corrected chi connectivity index (χ3v) is 4.38. The molecule has 1 aliphatic heterocycles. The highest BCUT2D eigenvalue weighted by Gasteiger charge is 2.29. The Morgan fingerprint density at radius 1 is 1.05 bits per heavy atom. The molecule has 1 heterocycles. The van der Waals surface area contributed by atoms with Crippen molar-refractivity contribution in [3.63, 3.8) is 0 Å². The third kappa shape index (κ3) is 4.47. The van der Waals surface area contributed by atoms with Gasteiger partial charge in [-0.1, -0.05) is 19.3 Å². The van der Waals surface area contributed by atoms with Crippen molar-refractivity contribution in [2.24, 2.45) is 5.92 Å². The number of likely N-dealkylation sites (tertiary alicyclic amines) is 1. The average Bonchev–Trinajstić information content (AvgIpc) is 2.48. The van der Waals surface area contributed by atoms with Crippen LogP contribution < -0.4 is 0 Å². The maximum absolute atomic E-state index is 12.4. The van der Waals surface area contributed by atoms with Crippen LogP contribution in [0.25, 0.3) is 0 Å². The number of aliphatic carboxylic acids is 1. The number of carbonyl (C=O) groups excluding carboxylic acids is 1. The Kier molecular flexibility index (Phi) is 5.83. The summed E-state index contributed by atoms with van der Waals surface area (Å²) in [5, 5.41) is 8.57. The first kappa shape index (κ1) is 15.3. The Bertz CT molecular complexity index is 331. The lowest BCUT2D eigenvalue weighted by atomic mass is 9.88. The molecule has 0 aromatic heterocycles. The van der Waals surface area contributed by atoms with Gasteiger partial charge in [-0.25, -0.2) is 0 Å². The fourth-order valence-corrected chi connectivity index (χ4v) is 3.16. The van der Waals surface area contributed by atoms with E-state index < -0.39 is 5.97 Å². The van der Waals surface area contributed by atoms with E-state index in [-0.39, 0.29) is 25.0 Å². The number of hydrogen-bond donors (Lipinski definition) is 1. The van der Waals surface area contributed by atoms with Gasteiger partial charge in [-0.3, -0.25) is 9.59 Å².